The van der Waals surface area contributed by atoms with Crippen LogP contribution < -0.4 is 5.49 Å². The first kappa shape index (κ1) is 7.97. The first-order valence-corrected chi connectivity index (χ1v) is 4.15. The van der Waals surface area contributed by atoms with Crippen LogP contribution in [0.3, 0.4) is 0 Å². The molecule has 5 nitrogen and oxygen atoms in total. The highest BCUT2D eigenvalue weighted by molar-refractivity contribution is 5.67. The third-order valence-electron chi connectivity index (χ3n) is 1.98. The van der Waals surface area contributed by atoms with Crippen LogP contribution in [-0.2, 0) is 0 Å². The van der Waals surface area contributed by atoms with Crippen molar-refractivity contribution in [2.45, 2.75) is 19.9 Å². The molecular weight excluding hydrogens is 166 g/mol. The maximum absolute atomic E-state index is 7.84. The fraction of sp³-hybridized carbons (Fsp3) is 0.375. The van der Waals surface area contributed by atoms with Crippen LogP contribution in [0.25, 0.3) is 11.2 Å². The zero-order chi connectivity index (χ0) is 9.42. The summed E-state index contributed by atoms with van der Waals surface area (Å²) in [4.78, 5) is 11.0. The van der Waals surface area contributed by atoms with Gasteiger partial charge >= 0.3 is 0 Å². The number of fused-ring (bicyclic) bond motifs is 1. The molecular formula is C8H11N5. The van der Waals surface area contributed by atoms with Gasteiger partial charge in [-0.3, -0.25) is 5.41 Å². The lowest BCUT2D eigenvalue weighted by molar-refractivity contribution is 0.560. The average molecular weight is 177 g/mol. The fourth-order valence-corrected chi connectivity index (χ4v) is 1.25. The van der Waals surface area contributed by atoms with Crippen molar-refractivity contribution < 1.29 is 0 Å². The molecule has 68 valence electrons. The summed E-state index contributed by atoms with van der Waals surface area (Å²) in [5.41, 5.74) is 1.72. The first-order chi connectivity index (χ1) is 6.20. The minimum Gasteiger partial charge on any atom is -0.340 e. The van der Waals surface area contributed by atoms with Crippen LogP contribution in [0.4, 0.5) is 0 Å². The SMILES string of the molecule is CC(C)n1cnc2nc[nH]c2c1=N. The molecule has 0 saturated carbocycles. The van der Waals surface area contributed by atoms with E-state index in [0.717, 1.165) is 0 Å². The molecule has 5 heteroatoms. The summed E-state index contributed by atoms with van der Waals surface area (Å²) in [6.07, 6.45) is 3.20. The van der Waals surface area contributed by atoms with E-state index in [1.165, 1.54) is 0 Å². The van der Waals surface area contributed by atoms with Crippen molar-refractivity contribution >= 4 is 11.2 Å². The van der Waals surface area contributed by atoms with Gasteiger partial charge in [0.1, 0.15) is 5.52 Å². The lowest BCUT2D eigenvalue weighted by Crippen LogP contribution is -2.22. The molecule has 0 aliphatic heterocycles. The Bertz CT molecular complexity index is 478. The zero-order valence-electron chi connectivity index (χ0n) is 7.57. The molecule has 0 amide bonds. The van der Waals surface area contributed by atoms with Gasteiger partial charge in [0.05, 0.1) is 12.7 Å². The number of aromatic amines is 1. The molecule has 2 N–H and O–H groups in total. The van der Waals surface area contributed by atoms with Gasteiger partial charge in [-0.05, 0) is 13.8 Å². The number of imidazole rings is 1. The van der Waals surface area contributed by atoms with Crippen molar-refractivity contribution in [3.05, 3.63) is 18.1 Å². The molecule has 0 atom stereocenters. The van der Waals surface area contributed by atoms with Crippen LogP contribution in [0.15, 0.2) is 12.7 Å². The second kappa shape index (κ2) is 2.69. The van der Waals surface area contributed by atoms with Gasteiger partial charge in [-0.2, -0.15) is 0 Å². The molecule has 0 aliphatic carbocycles. The zero-order valence-corrected chi connectivity index (χ0v) is 7.57. The summed E-state index contributed by atoms with van der Waals surface area (Å²) in [5, 5.41) is 7.84. The Labute approximate surface area is 75.0 Å². The van der Waals surface area contributed by atoms with Crippen molar-refractivity contribution in [3.63, 3.8) is 0 Å². The number of aromatic nitrogens is 4. The molecule has 0 radical (unpaired) electrons. The van der Waals surface area contributed by atoms with Crippen LogP contribution >= 0.6 is 0 Å². The molecule has 0 saturated heterocycles. The lowest BCUT2D eigenvalue weighted by atomic mass is 10.4. The Kier molecular flexibility index (Phi) is 1.65. The van der Waals surface area contributed by atoms with Gasteiger partial charge in [0.15, 0.2) is 11.1 Å². The highest BCUT2D eigenvalue weighted by Gasteiger charge is 2.04. The number of H-pyrrole nitrogens is 1. The van der Waals surface area contributed by atoms with Crippen LogP contribution in [0.2, 0.25) is 0 Å². The summed E-state index contributed by atoms with van der Waals surface area (Å²) in [6, 6.07) is 0.243. The van der Waals surface area contributed by atoms with Crippen LogP contribution in [0.1, 0.15) is 19.9 Å². The second-order valence-electron chi connectivity index (χ2n) is 3.20. The predicted molar refractivity (Wildman–Crippen MR) is 48.1 cm³/mol. The van der Waals surface area contributed by atoms with Crippen molar-refractivity contribution in [2.24, 2.45) is 0 Å². The van der Waals surface area contributed by atoms with Crippen LogP contribution in [0, 0.1) is 5.41 Å². The Balaban J connectivity index is 2.81. The number of hydrogen-bond donors (Lipinski definition) is 2. The molecule has 0 unspecified atom stereocenters. The average Bonchev–Trinajstić information content (AvgIpc) is 2.52. The minimum atomic E-state index is 0.243. The van der Waals surface area contributed by atoms with Gasteiger partial charge in [-0.15, -0.1) is 0 Å². The molecule has 0 fully saturated rings. The van der Waals surface area contributed by atoms with E-state index in [2.05, 4.69) is 15.0 Å². The quantitative estimate of drug-likeness (QED) is 0.677. The smallest absolute Gasteiger partial charge is 0.182 e. The lowest BCUT2D eigenvalue weighted by Gasteiger charge is -2.09. The predicted octanol–water partition coefficient (Wildman–Crippen LogP) is 0.820. The number of hydrogen-bond acceptors (Lipinski definition) is 3. The Morgan fingerprint density at radius 3 is 2.92 bits per heavy atom. The van der Waals surface area contributed by atoms with E-state index >= 15 is 0 Å². The van der Waals surface area contributed by atoms with E-state index in [1.54, 1.807) is 17.2 Å². The van der Waals surface area contributed by atoms with Gasteiger partial charge in [-0.25, -0.2) is 9.97 Å². The van der Waals surface area contributed by atoms with E-state index < -0.39 is 0 Å². The van der Waals surface area contributed by atoms with Crippen LogP contribution in [-0.4, -0.2) is 19.5 Å². The van der Waals surface area contributed by atoms with Crippen LogP contribution in [0.5, 0.6) is 0 Å². The van der Waals surface area contributed by atoms with Gasteiger partial charge < -0.3 is 9.55 Å². The fourth-order valence-electron chi connectivity index (χ4n) is 1.25. The number of rotatable bonds is 1. The maximum Gasteiger partial charge on any atom is 0.182 e. The normalized spacial score (nSPS) is 11.3. The second-order valence-corrected chi connectivity index (χ2v) is 3.20. The molecule has 2 rings (SSSR count). The van der Waals surface area contributed by atoms with E-state index in [0.29, 0.717) is 16.7 Å². The standard InChI is InChI=1S/C8H11N5/c1-5(2)13-4-12-8-6(7(13)9)10-3-11-8/h3-5,9H,1-2H3,(H,10,11). The van der Waals surface area contributed by atoms with Gasteiger partial charge in [-0.1, -0.05) is 0 Å². The third kappa shape index (κ3) is 1.12. The minimum absolute atomic E-state index is 0.243. The summed E-state index contributed by atoms with van der Waals surface area (Å²) < 4.78 is 1.79. The monoisotopic (exact) mass is 177 g/mol. The van der Waals surface area contributed by atoms with E-state index in [1.807, 2.05) is 13.8 Å². The summed E-state index contributed by atoms with van der Waals surface area (Å²) >= 11 is 0. The number of nitrogens with one attached hydrogen (secondary N) is 2. The Hall–Kier alpha value is -1.65. The topological polar surface area (TPSA) is 70.3 Å². The molecule has 0 aromatic carbocycles. The Morgan fingerprint density at radius 1 is 1.46 bits per heavy atom. The van der Waals surface area contributed by atoms with Crippen molar-refractivity contribution in [2.75, 3.05) is 0 Å². The number of nitrogens with zero attached hydrogens (tertiary/aromatic N) is 3. The largest absolute Gasteiger partial charge is 0.340 e. The van der Waals surface area contributed by atoms with Crippen molar-refractivity contribution in [1.82, 2.24) is 19.5 Å². The van der Waals surface area contributed by atoms with Crippen molar-refractivity contribution in [1.29, 1.82) is 5.41 Å². The molecule has 0 bridgehead atoms. The molecule has 2 heterocycles. The summed E-state index contributed by atoms with van der Waals surface area (Å²) in [7, 11) is 0. The first-order valence-electron chi connectivity index (χ1n) is 4.15. The highest BCUT2D eigenvalue weighted by Crippen LogP contribution is 2.02. The summed E-state index contributed by atoms with van der Waals surface area (Å²) in [6.45, 7) is 4.03. The van der Waals surface area contributed by atoms with Gasteiger partial charge in [0.2, 0.25) is 0 Å². The Morgan fingerprint density at radius 2 is 2.23 bits per heavy atom. The van der Waals surface area contributed by atoms with E-state index in [-0.39, 0.29) is 6.04 Å². The summed E-state index contributed by atoms with van der Waals surface area (Å²) in [5.74, 6) is 0. The van der Waals surface area contributed by atoms with Gasteiger partial charge in [0, 0.05) is 6.04 Å². The van der Waals surface area contributed by atoms with Crippen molar-refractivity contribution in [3.8, 4) is 0 Å². The van der Waals surface area contributed by atoms with Gasteiger partial charge in [0.25, 0.3) is 0 Å². The maximum atomic E-state index is 7.84. The van der Waals surface area contributed by atoms with E-state index in [9.17, 15) is 0 Å². The molecule has 0 spiro atoms. The van der Waals surface area contributed by atoms with E-state index in [4.69, 9.17) is 5.41 Å². The third-order valence-corrected chi connectivity index (χ3v) is 1.98. The highest BCUT2D eigenvalue weighted by atomic mass is 15.1. The molecule has 0 aliphatic rings. The molecule has 2 aromatic heterocycles. The molecule has 13 heavy (non-hydrogen) atoms. The molecule has 2 aromatic rings.